The predicted molar refractivity (Wildman–Crippen MR) is 131 cm³/mol. The first-order valence-electron chi connectivity index (χ1n) is 11.8. The van der Waals surface area contributed by atoms with Crippen LogP contribution >= 0.6 is 11.6 Å². The summed E-state index contributed by atoms with van der Waals surface area (Å²) in [6.07, 6.45) is 0.899. The minimum atomic E-state index is -0.401. The summed E-state index contributed by atoms with van der Waals surface area (Å²) in [5.41, 5.74) is 3.86. The second-order valence-electron chi connectivity index (χ2n) is 9.53. The summed E-state index contributed by atoms with van der Waals surface area (Å²) in [7, 11) is 0. The Morgan fingerprint density at radius 1 is 1.14 bits per heavy atom. The van der Waals surface area contributed by atoms with E-state index in [1.54, 1.807) is 9.42 Å². The second kappa shape index (κ2) is 8.13. The standard InChI is InChI=1S/C25H26ClN7O2/c1-13(2)31-22-20(27-24(31)17-9-10-35-12-17)25(34)32(21(22)16-5-7-18(26)8-6-16)19-11-14(3)23-29-28-15(4)33(23)30-19/h5-8,11,13,17,21H,9-10,12H2,1-4H3/t17?,21-/m1/s1. The van der Waals surface area contributed by atoms with Gasteiger partial charge in [-0.3, -0.25) is 9.69 Å². The van der Waals surface area contributed by atoms with E-state index in [1.807, 2.05) is 44.2 Å². The first kappa shape index (κ1) is 22.2. The molecular weight excluding hydrogens is 466 g/mol. The van der Waals surface area contributed by atoms with Gasteiger partial charge in [0.1, 0.15) is 11.9 Å². The van der Waals surface area contributed by atoms with Gasteiger partial charge in [-0.1, -0.05) is 23.7 Å². The molecular formula is C25H26ClN7O2. The van der Waals surface area contributed by atoms with Crippen LogP contribution in [-0.2, 0) is 4.74 Å². The fourth-order valence-electron chi connectivity index (χ4n) is 5.22. The summed E-state index contributed by atoms with van der Waals surface area (Å²) in [6.45, 7) is 9.38. The van der Waals surface area contributed by atoms with Crippen LogP contribution < -0.4 is 4.90 Å². The number of amides is 1. The maximum Gasteiger partial charge on any atom is 0.280 e. The van der Waals surface area contributed by atoms with Crippen molar-refractivity contribution in [2.24, 2.45) is 0 Å². The Morgan fingerprint density at radius 2 is 1.91 bits per heavy atom. The molecule has 5 heterocycles. The number of nitrogens with zero attached hydrogens (tertiary/aromatic N) is 7. The number of fused-ring (bicyclic) bond motifs is 2. The number of imidazole rings is 1. The molecule has 2 aliphatic heterocycles. The van der Waals surface area contributed by atoms with Crippen LogP contribution in [-0.4, -0.2) is 48.5 Å². The average molecular weight is 492 g/mol. The van der Waals surface area contributed by atoms with Crippen LogP contribution in [0.5, 0.6) is 0 Å². The zero-order chi connectivity index (χ0) is 24.4. The molecule has 1 saturated heterocycles. The van der Waals surface area contributed by atoms with E-state index in [0.29, 0.717) is 41.2 Å². The molecule has 4 aromatic rings. The van der Waals surface area contributed by atoms with Gasteiger partial charge in [-0.15, -0.1) is 15.3 Å². The summed E-state index contributed by atoms with van der Waals surface area (Å²) in [4.78, 5) is 20.7. The topological polar surface area (TPSA) is 90.4 Å². The lowest BCUT2D eigenvalue weighted by Crippen LogP contribution is -2.32. The van der Waals surface area contributed by atoms with Crippen molar-refractivity contribution in [3.63, 3.8) is 0 Å². The third-order valence-corrected chi connectivity index (χ3v) is 7.11. The second-order valence-corrected chi connectivity index (χ2v) is 9.96. The minimum Gasteiger partial charge on any atom is -0.381 e. The van der Waals surface area contributed by atoms with Gasteiger partial charge < -0.3 is 9.30 Å². The van der Waals surface area contributed by atoms with Gasteiger partial charge in [-0.05, 0) is 63.4 Å². The number of halogens is 1. The number of hydrogen-bond donors (Lipinski definition) is 0. The number of anilines is 1. The van der Waals surface area contributed by atoms with Gasteiger partial charge in [0, 0.05) is 23.6 Å². The predicted octanol–water partition coefficient (Wildman–Crippen LogP) is 4.43. The van der Waals surface area contributed by atoms with Crippen LogP contribution in [0.25, 0.3) is 5.65 Å². The van der Waals surface area contributed by atoms with E-state index in [2.05, 4.69) is 28.6 Å². The molecule has 6 rings (SSSR count). The highest BCUT2D eigenvalue weighted by molar-refractivity contribution is 6.30. The Hall–Kier alpha value is -3.30. The molecule has 180 valence electrons. The van der Waals surface area contributed by atoms with E-state index in [-0.39, 0.29) is 17.9 Å². The van der Waals surface area contributed by atoms with Crippen molar-refractivity contribution in [1.29, 1.82) is 0 Å². The number of ether oxygens (including phenoxy) is 1. The van der Waals surface area contributed by atoms with Crippen LogP contribution in [0.3, 0.4) is 0 Å². The maximum absolute atomic E-state index is 14.0. The highest BCUT2D eigenvalue weighted by Crippen LogP contribution is 2.44. The first-order chi connectivity index (χ1) is 16.8. The van der Waals surface area contributed by atoms with Crippen molar-refractivity contribution in [3.05, 3.63) is 69.5 Å². The molecule has 3 aromatic heterocycles. The molecule has 9 nitrogen and oxygen atoms in total. The monoisotopic (exact) mass is 491 g/mol. The van der Waals surface area contributed by atoms with Crippen molar-refractivity contribution < 1.29 is 9.53 Å². The molecule has 0 N–H and O–H groups in total. The van der Waals surface area contributed by atoms with Crippen LogP contribution in [0, 0.1) is 13.8 Å². The molecule has 1 unspecified atom stereocenters. The SMILES string of the molecule is Cc1cc(N2C(=O)c3nc(C4CCOC4)n(C(C)C)c3[C@H]2c2ccc(Cl)cc2)nn2c(C)nnc12. The lowest BCUT2D eigenvalue weighted by Gasteiger charge is -2.28. The van der Waals surface area contributed by atoms with E-state index in [1.165, 1.54) is 0 Å². The van der Waals surface area contributed by atoms with Gasteiger partial charge in [-0.2, -0.15) is 4.52 Å². The molecule has 0 saturated carbocycles. The quantitative estimate of drug-likeness (QED) is 0.419. The number of benzene rings is 1. The fraction of sp³-hybridized carbons (Fsp3) is 0.400. The van der Waals surface area contributed by atoms with E-state index in [9.17, 15) is 4.79 Å². The summed E-state index contributed by atoms with van der Waals surface area (Å²) < 4.78 is 9.57. The Bertz CT molecular complexity index is 1450. The van der Waals surface area contributed by atoms with Crippen molar-refractivity contribution >= 4 is 29.0 Å². The molecule has 1 aromatic carbocycles. The van der Waals surface area contributed by atoms with Crippen LogP contribution in [0.2, 0.25) is 5.02 Å². The number of aromatic nitrogens is 6. The van der Waals surface area contributed by atoms with E-state index < -0.39 is 6.04 Å². The molecule has 10 heteroatoms. The zero-order valence-electron chi connectivity index (χ0n) is 20.1. The smallest absolute Gasteiger partial charge is 0.280 e. The van der Waals surface area contributed by atoms with Gasteiger partial charge in [0.2, 0.25) is 0 Å². The highest BCUT2D eigenvalue weighted by Gasteiger charge is 2.46. The lowest BCUT2D eigenvalue weighted by atomic mass is 10.0. The van der Waals surface area contributed by atoms with Gasteiger partial charge in [0.15, 0.2) is 23.0 Å². The number of aryl methyl sites for hydroxylation is 2. The van der Waals surface area contributed by atoms with Crippen molar-refractivity contribution in [3.8, 4) is 0 Å². The number of carbonyl (C=O) groups excluding carboxylic acids is 1. The van der Waals surface area contributed by atoms with E-state index >= 15 is 0 Å². The van der Waals surface area contributed by atoms with E-state index in [0.717, 1.165) is 29.1 Å². The van der Waals surface area contributed by atoms with Gasteiger partial charge >= 0.3 is 0 Å². The molecule has 2 atom stereocenters. The van der Waals surface area contributed by atoms with Gasteiger partial charge in [0.25, 0.3) is 5.91 Å². The normalized spacial score (nSPS) is 19.9. The van der Waals surface area contributed by atoms with Crippen LogP contribution in [0.1, 0.15) is 77.2 Å². The Kier molecular flexibility index (Phi) is 5.16. The minimum absolute atomic E-state index is 0.113. The Labute approximate surface area is 207 Å². The van der Waals surface area contributed by atoms with Crippen LogP contribution in [0.15, 0.2) is 30.3 Å². The van der Waals surface area contributed by atoms with Crippen molar-refractivity contribution in [2.45, 2.75) is 52.1 Å². The van der Waals surface area contributed by atoms with Gasteiger partial charge in [-0.25, -0.2) is 4.98 Å². The summed E-state index contributed by atoms with van der Waals surface area (Å²) >= 11 is 6.22. The Balaban J connectivity index is 1.59. The third kappa shape index (κ3) is 3.36. The molecule has 0 bridgehead atoms. The third-order valence-electron chi connectivity index (χ3n) is 6.86. The molecule has 1 fully saturated rings. The molecule has 0 radical (unpaired) electrons. The Morgan fingerprint density at radius 3 is 2.60 bits per heavy atom. The molecule has 0 aliphatic carbocycles. The van der Waals surface area contributed by atoms with E-state index in [4.69, 9.17) is 26.4 Å². The number of carbonyl (C=O) groups is 1. The van der Waals surface area contributed by atoms with Crippen molar-refractivity contribution in [1.82, 2.24) is 29.4 Å². The van der Waals surface area contributed by atoms with Gasteiger partial charge in [0.05, 0.1) is 12.3 Å². The average Bonchev–Trinajstić information content (AvgIpc) is 3.59. The lowest BCUT2D eigenvalue weighted by molar-refractivity contribution is 0.0988. The molecule has 35 heavy (non-hydrogen) atoms. The maximum atomic E-state index is 14.0. The molecule has 2 aliphatic rings. The highest BCUT2D eigenvalue weighted by atomic mass is 35.5. The number of rotatable bonds is 4. The molecule has 1 amide bonds. The molecule has 0 spiro atoms. The van der Waals surface area contributed by atoms with Crippen LogP contribution in [0.4, 0.5) is 5.82 Å². The number of hydrogen-bond acceptors (Lipinski definition) is 6. The summed E-state index contributed by atoms with van der Waals surface area (Å²) in [6, 6.07) is 9.24. The summed E-state index contributed by atoms with van der Waals surface area (Å²) in [5, 5.41) is 13.8. The summed E-state index contributed by atoms with van der Waals surface area (Å²) in [5.74, 6) is 2.11. The first-order valence-corrected chi connectivity index (χ1v) is 12.2. The largest absolute Gasteiger partial charge is 0.381 e. The zero-order valence-corrected chi connectivity index (χ0v) is 20.8. The van der Waals surface area contributed by atoms with Crippen molar-refractivity contribution in [2.75, 3.05) is 18.1 Å². The fourth-order valence-corrected chi connectivity index (χ4v) is 5.35.